The van der Waals surface area contributed by atoms with Gasteiger partial charge in [0.1, 0.15) is 0 Å². The molecular formula is C19H23ClN4O. The van der Waals surface area contributed by atoms with Crippen LogP contribution in [0, 0.1) is 11.8 Å². The maximum atomic E-state index is 12.9. The van der Waals surface area contributed by atoms with Gasteiger partial charge in [-0.3, -0.25) is 9.48 Å². The zero-order valence-corrected chi connectivity index (χ0v) is 15.0. The average Bonchev–Trinajstić information content (AvgIpc) is 3.04. The first-order valence-electron chi connectivity index (χ1n) is 8.80. The van der Waals surface area contributed by atoms with Gasteiger partial charge in [0, 0.05) is 44.2 Å². The van der Waals surface area contributed by atoms with Gasteiger partial charge in [-0.25, -0.2) is 0 Å². The third-order valence-electron chi connectivity index (χ3n) is 6.05. The Labute approximate surface area is 153 Å². The quantitative estimate of drug-likeness (QED) is 0.876. The Bertz CT molecular complexity index is 804. The summed E-state index contributed by atoms with van der Waals surface area (Å²) in [5.41, 5.74) is 4.07. The van der Waals surface area contributed by atoms with Crippen molar-refractivity contribution < 1.29 is 4.79 Å². The Kier molecular flexibility index (Phi) is 4.08. The molecule has 1 aromatic heterocycles. The second-order valence-electron chi connectivity index (χ2n) is 7.45. The van der Waals surface area contributed by atoms with Crippen molar-refractivity contribution in [3.05, 3.63) is 53.3 Å². The van der Waals surface area contributed by atoms with Gasteiger partial charge in [-0.15, -0.1) is 12.4 Å². The summed E-state index contributed by atoms with van der Waals surface area (Å²) in [5, 5.41) is 11.0. The molecular weight excluding hydrogens is 336 g/mol. The maximum absolute atomic E-state index is 12.9. The molecule has 2 aromatic rings. The molecule has 1 saturated carbocycles. The first-order valence-corrected chi connectivity index (χ1v) is 8.80. The summed E-state index contributed by atoms with van der Waals surface area (Å²) in [5.74, 6) is 1.58. The predicted octanol–water partition coefficient (Wildman–Crippen LogP) is 1.60. The van der Waals surface area contributed by atoms with Gasteiger partial charge < -0.3 is 10.6 Å². The molecule has 0 bridgehead atoms. The number of aryl methyl sites for hydroxylation is 1. The zero-order chi connectivity index (χ0) is 16.3. The number of benzene rings is 1. The van der Waals surface area contributed by atoms with Crippen LogP contribution in [-0.2, 0) is 18.3 Å². The highest BCUT2D eigenvalue weighted by Crippen LogP contribution is 2.56. The zero-order valence-electron chi connectivity index (χ0n) is 14.2. The minimum Gasteiger partial charge on any atom is -0.352 e. The number of carbonyl (C=O) groups is 1. The highest BCUT2D eigenvalue weighted by Gasteiger charge is 2.56. The van der Waals surface area contributed by atoms with E-state index in [1.165, 1.54) is 11.1 Å². The largest absolute Gasteiger partial charge is 0.352 e. The van der Waals surface area contributed by atoms with Gasteiger partial charge in [0.15, 0.2) is 0 Å². The molecule has 25 heavy (non-hydrogen) atoms. The number of rotatable bonds is 3. The van der Waals surface area contributed by atoms with Crippen LogP contribution < -0.4 is 10.6 Å². The van der Waals surface area contributed by atoms with E-state index in [0.717, 1.165) is 25.1 Å². The van der Waals surface area contributed by atoms with E-state index in [1.54, 1.807) is 0 Å². The Hall–Kier alpha value is -1.85. The van der Waals surface area contributed by atoms with E-state index < -0.39 is 0 Å². The van der Waals surface area contributed by atoms with Crippen LogP contribution >= 0.6 is 12.4 Å². The highest BCUT2D eigenvalue weighted by molar-refractivity contribution is 5.85. The van der Waals surface area contributed by atoms with Crippen molar-refractivity contribution in [2.24, 2.45) is 18.9 Å². The van der Waals surface area contributed by atoms with E-state index >= 15 is 0 Å². The van der Waals surface area contributed by atoms with E-state index in [1.807, 2.05) is 24.1 Å². The number of aromatic nitrogens is 2. The fourth-order valence-electron chi connectivity index (χ4n) is 4.76. The lowest BCUT2D eigenvalue weighted by Gasteiger charge is -2.18. The number of hydrogen-bond donors (Lipinski definition) is 2. The Balaban J connectivity index is 0.00000157. The summed E-state index contributed by atoms with van der Waals surface area (Å²) in [4.78, 5) is 12.9. The number of fused-ring (bicyclic) bond motifs is 3. The van der Waals surface area contributed by atoms with Crippen LogP contribution in [0.3, 0.4) is 0 Å². The Morgan fingerprint density at radius 1 is 1.32 bits per heavy atom. The molecule has 5 rings (SSSR count). The minimum absolute atomic E-state index is 0. The second-order valence-corrected chi connectivity index (χ2v) is 7.45. The van der Waals surface area contributed by atoms with Crippen molar-refractivity contribution in [3.63, 3.8) is 0 Å². The van der Waals surface area contributed by atoms with Crippen molar-refractivity contribution in [1.29, 1.82) is 0 Å². The molecule has 5 nitrogen and oxygen atoms in total. The molecule has 1 amide bonds. The molecule has 2 aliphatic carbocycles. The summed E-state index contributed by atoms with van der Waals surface area (Å²) in [6.07, 6.45) is 5.03. The molecule has 1 aromatic carbocycles. The maximum Gasteiger partial charge on any atom is 0.225 e. The summed E-state index contributed by atoms with van der Waals surface area (Å²) in [7, 11) is 1.92. The van der Waals surface area contributed by atoms with Gasteiger partial charge in [-0.05, 0) is 29.0 Å². The first kappa shape index (κ1) is 16.6. The standard InChI is InChI=1S/C19H22N4O.ClH/c1-23-10-12(7-21-23)15-8-20-9-16(15)19(24)22-18-14-6-11-4-2-3-5-13(11)17(14)18;/h2-5,7,10,14-18,20H,6,8-9H2,1H3,(H,22,24);1H/t14?,15-,16+,17?,18?;/m1./s1. The number of amides is 1. The number of hydrogen-bond acceptors (Lipinski definition) is 3. The Morgan fingerprint density at radius 3 is 2.96 bits per heavy atom. The lowest BCUT2D eigenvalue weighted by atomic mass is 9.90. The molecule has 3 unspecified atom stereocenters. The van der Waals surface area contributed by atoms with Gasteiger partial charge in [-0.1, -0.05) is 24.3 Å². The fraction of sp³-hybridized carbons (Fsp3) is 0.474. The molecule has 2 N–H and O–H groups in total. The highest BCUT2D eigenvalue weighted by atomic mass is 35.5. The molecule has 132 valence electrons. The molecule has 2 heterocycles. The van der Waals surface area contributed by atoms with Gasteiger partial charge >= 0.3 is 0 Å². The molecule has 5 atom stereocenters. The van der Waals surface area contributed by atoms with Crippen LogP contribution in [0.5, 0.6) is 0 Å². The molecule has 1 aliphatic heterocycles. The fourth-order valence-corrected chi connectivity index (χ4v) is 4.76. The number of halogens is 1. The van der Waals surface area contributed by atoms with Crippen LogP contribution in [-0.4, -0.2) is 34.8 Å². The van der Waals surface area contributed by atoms with Crippen LogP contribution in [0.4, 0.5) is 0 Å². The summed E-state index contributed by atoms with van der Waals surface area (Å²) in [6.45, 7) is 1.61. The van der Waals surface area contributed by atoms with Crippen LogP contribution in [0.25, 0.3) is 0 Å². The average molecular weight is 359 g/mol. The van der Waals surface area contributed by atoms with E-state index in [9.17, 15) is 4.79 Å². The van der Waals surface area contributed by atoms with Crippen LogP contribution in [0.15, 0.2) is 36.7 Å². The Morgan fingerprint density at radius 2 is 2.16 bits per heavy atom. The number of nitrogens with zero attached hydrogens (tertiary/aromatic N) is 2. The van der Waals surface area contributed by atoms with Gasteiger partial charge in [0.05, 0.1) is 12.1 Å². The first-order chi connectivity index (χ1) is 11.7. The predicted molar refractivity (Wildman–Crippen MR) is 97.9 cm³/mol. The monoisotopic (exact) mass is 358 g/mol. The van der Waals surface area contributed by atoms with Crippen molar-refractivity contribution in [2.75, 3.05) is 13.1 Å². The summed E-state index contributed by atoms with van der Waals surface area (Å²) >= 11 is 0. The van der Waals surface area contributed by atoms with Crippen molar-refractivity contribution in [1.82, 2.24) is 20.4 Å². The van der Waals surface area contributed by atoms with Crippen molar-refractivity contribution in [3.8, 4) is 0 Å². The lowest BCUT2D eigenvalue weighted by molar-refractivity contribution is -0.125. The minimum atomic E-state index is 0. The molecule has 1 saturated heterocycles. The summed E-state index contributed by atoms with van der Waals surface area (Å²) < 4.78 is 1.81. The van der Waals surface area contributed by atoms with E-state index in [0.29, 0.717) is 17.9 Å². The van der Waals surface area contributed by atoms with E-state index in [2.05, 4.69) is 40.0 Å². The lowest BCUT2D eigenvalue weighted by Crippen LogP contribution is -2.37. The molecule has 0 radical (unpaired) electrons. The molecule has 2 fully saturated rings. The van der Waals surface area contributed by atoms with Gasteiger partial charge in [0.2, 0.25) is 5.91 Å². The van der Waals surface area contributed by atoms with Crippen molar-refractivity contribution >= 4 is 18.3 Å². The van der Waals surface area contributed by atoms with Crippen LogP contribution in [0.1, 0.15) is 28.5 Å². The third-order valence-corrected chi connectivity index (χ3v) is 6.05. The van der Waals surface area contributed by atoms with Gasteiger partial charge in [0.25, 0.3) is 0 Å². The number of carbonyl (C=O) groups excluding carboxylic acids is 1. The van der Waals surface area contributed by atoms with Gasteiger partial charge in [-0.2, -0.15) is 5.10 Å². The second kappa shape index (κ2) is 6.15. The molecule has 0 spiro atoms. The van der Waals surface area contributed by atoms with Crippen molar-refractivity contribution in [2.45, 2.75) is 24.3 Å². The smallest absolute Gasteiger partial charge is 0.225 e. The van der Waals surface area contributed by atoms with E-state index in [4.69, 9.17) is 0 Å². The SMILES string of the molecule is Cl.Cn1cc([C@H]2CNC[C@@H]2C(=O)NC2C3Cc4ccccc4C32)cn1. The van der Waals surface area contributed by atoms with Crippen LogP contribution in [0.2, 0.25) is 0 Å². The van der Waals surface area contributed by atoms with E-state index in [-0.39, 0.29) is 30.2 Å². The summed E-state index contributed by atoms with van der Waals surface area (Å²) in [6, 6.07) is 9.00. The number of nitrogens with one attached hydrogen (secondary N) is 2. The normalized spacial score (nSPS) is 31.8. The molecule has 3 aliphatic rings. The third kappa shape index (κ3) is 2.66. The topological polar surface area (TPSA) is 59.0 Å². The molecule has 6 heteroatoms.